The number of hydrogen-bond acceptors (Lipinski definition) is 4. The molecule has 2 aromatic carbocycles. The Morgan fingerprint density at radius 1 is 1.12 bits per heavy atom. The van der Waals surface area contributed by atoms with E-state index in [1.807, 2.05) is 43.3 Å². The molecule has 0 spiro atoms. The van der Waals surface area contributed by atoms with Gasteiger partial charge in [-0.1, -0.05) is 12.1 Å². The van der Waals surface area contributed by atoms with Gasteiger partial charge in [-0.3, -0.25) is 4.79 Å². The molecule has 0 bridgehead atoms. The van der Waals surface area contributed by atoms with Crippen molar-refractivity contribution >= 4 is 27.5 Å². The van der Waals surface area contributed by atoms with E-state index in [2.05, 4.69) is 21.2 Å². The molecule has 1 N–H and O–H groups in total. The van der Waals surface area contributed by atoms with Crippen molar-refractivity contribution in [3.8, 4) is 11.5 Å². The maximum atomic E-state index is 12.3. The first-order valence-electron chi connectivity index (χ1n) is 7.98. The van der Waals surface area contributed by atoms with Crippen LogP contribution in [0.2, 0.25) is 0 Å². The lowest BCUT2D eigenvalue weighted by Crippen LogP contribution is -2.11. The fraction of sp³-hybridized carbons (Fsp3) is 0.150. The Balaban J connectivity index is 1.62. The van der Waals surface area contributed by atoms with Gasteiger partial charge in [0.2, 0.25) is 0 Å². The van der Waals surface area contributed by atoms with Crippen LogP contribution in [0.1, 0.15) is 21.9 Å². The van der Waals surface area contributed by atoms with E-state index in [1.165, 1.54) is 0 Å². The first-order valence-corrected chi connectivity index (χ1v) is 8.77. The topological polar surface area (TPSA) is 60.7 Å². The van der Waals surface area contributed by atoms with Gasteiger partial charge in [-0.25, -0.2) is 0 Å². The molecule has 3 aromatic rings. The lowest BCUT2D eigenvalue weighted by atomic mass is 10.2. The first-order chi connectivity index (χ1) is 12.5. The summed E-state index contributed by atoms with van der Waals surface area (Å²) < 4.78 is 17.2. The Kier molecular flexibility index (Phi) is 5.63. The molecule has 0 radical (unpaired) electrons. The summed E-state index contributed by atoms with van der Waals surface area (Å²) in [5.74, 6) is 1.84. The fourth-order valence-corrected chi connectivity index (χ4v) is 2.92. The number of ether oxygens (including phenoxy) is 2. The quantitative estimate of drug-likeness (QED) is 0.601. The Morgan fingerprint density at radius 2 is 1.92 bits per heavy atom. The third-order valence-corrected chi connectivity index (χ3v) is 4.34. The molecule has 0 fully saturated rings. The summed E-state index contributed by atoms with van der Waals surface area (Å²) in [6, 6.07) is 16.3. The molecule has 1 aromatic heterocycles. The molecule has 0 saturated carbocycles. The zero-order valence-corrected chi connectivity index (χ0v) is 16.0. The van der Waals surface area contributed by atoms with E-state index in [9.17, 15) is 4.79 Å². The highest BCUT2D eigenvalue weighted by atomic mass is 79.9. The first kappa shape index (κ1) is 18.1. The van der Waals surface area contributed by atoms with Crippen molar-refractivity contribution < 1.29 is 18.7 Å². The van der Waals surface area contributed by atoms with Crippen molar-refractivity contribution in [3.63, 3.8) is 0 Å². The van der Waals surface area contributed by atoms with Crippen molar-refractivity contribution in [2.75, 3.05) is 12.4 Å². The normalized spacial score (nSPS) is 10.4. The van der Waals surface area contributed by atoms with Crippen LogP contribution in [0.3, 0.4) is 0 Å². The predicted molar refractivity (Wildman–Crippen MR) is 103 cm³/mol. The van der Waals surface area contributed by atoms with Gasteiger partial charge in [-0.2, -0.15) is 0 Å². The largest absolute Gasteiger partial charge is 0.497 e. The van der Waals surface area contributed by atoms with Crippen LogP contribution < -0.4 is 14.8 Å². The molecule has 0 atom stereocenters. The summed E-state index contributed by atoms with van der Waals surface area (Å²) in [7, 11) is 1.60. The van der Waals surface area contributed by atoms with Gasteiger partial charge >= 0.3 is 0 Å². The molecule has 5 nitrogen and oxygen atoms in total. The second kappa shape index (κ2) is 8.10. The molecule has 134 valence electrons. The number of carbonyl (C=O) groups excluding carboxylic acids is 1. The zero-order valence-electron chi connectivity index (χ0n) is 14.4. The van der Waals surface area contributed by atoms with Gasteiger partial charge in [0.1, 0.15) is 23.9 Å². The second-order valence-corrected chi connectivity index (χ2v) is 6.53. The number of benzene rings is 2. The van der Waals surface area contributed by atoms with Crippen LogP contribution >= 0.6 is 15.9 Å². The number of furan rings is 1. The molecular weight excluding hydrogens is 398 g/mol. The summed E-state index contributed by atoms with van der Waals surface area (Å²) in [5, 5.41) is 2.82. The summed E-state index contributed by atoms with van der Waals surface area (Å²) in [6.07, 6.45) is 0. The minimum absolute atomic E-state index is 0.217. The Morgan fingerprint density at radius 3 is 2.69 bits per heavy atom. The SMILES string of the molecule is COc1cccc(OCc2ccc(C(=O)Nc3ccc(C)cc3Br)o2)c1. The number of anilines is 1. The van der Waals surface area contributed by atoms with Gasteiger partial charge in [-0.15, -0.1) is 0 Å². The molecule has 0 unspecified atom stereocenters. The lowest BCUT2D eigenvalue weighted by Gasteiger charge is -2.07. The van der Waals surface area contributed by atoms with Gasteiger partial charge in [0.25, 0.3) is 5.91 Å². The Hall–Kier alpha value is -2.73. The van der Waals surface area contributed by atoms with Crippen molar-refractivity contribution in [2.45, 2.75) is 13.5 Å². The van der Waals surface area contributed by atoms with Crippen molar-refractivity contribution in [3.05, 3.63) is 76.2 Å². The number of rotatable bonds is 6. The number of nitrogens with one attached hydrogen (secondary N) is 1. The van der Waals surface area contributed by atoms with Crippen LogP contribution in [0.15, 0.2) is 63.5 Å². The Bertz CT molecular complexity index is 920. The molecule has 0 aliphatic heterocycles. The second-order valence-electron chi connectivity index (χ2n) is 5.67. The standard InChI is InChI=1S/C20H18BrNO4/c1-13-6-8-18(17(21)10-13)22-20(23)19-9-7-16(26-19)12-25-15-5-3-4-14(11-15)24-2/h3-11H,12H2,1-2H3,(H,22,23). The minimum Gasteiger partial charge on any atom is -0.497 e. The van der Waals surface area contributed by atoms with Gasteiger partial charge < -0.3 is 19.2 Å². The molecule has 0 aliphatic carbocycles. The average Bonchev–Trinajstić information content (AvgIpc) is 3.11. The predicted octanol–water partition coefficient (Wildman–Crippen LogP) is 5.19. The van der Waals surface area contributed by atoms with E-state index in [4.69, 9.17) is 13.9 Å². The van der Waals surface area contributed by atoms with Gasteiger partial charge in [-0.05, 0) is 64.8 Å². The van der Waals surface area contributed by atoms with Crippen LogP contribution in [0.5, 0.6) is 11.5 Å². The minimum atomic E-state index is -0.317. The molecular formula is C20H18BrNO4. The van der Waals surface area contributed by atoms with E-state index in [1.54, 1.807) is 25.3 Å². The maximum absolute atomic E-state index is 12.3. The molecule has 6 heteroatoms. The molecule has 1 heterocycles. The highest BCUT2D eigenvalue weighted by Crippen LogP contribution is 2.24. The highest BCUT2D eigenvalue weighted by Gasteiger charge is 2.13. The van der Waals surface area contributed by atoms with E-state index in [0.717, 1.165) is 10.0 Å². The summed E-state index contributed by atoms with van der Waals surface area (Å²) in [5.41, 5.74) is 1.79. The molecule has 1 amide bonds. The molecule has 26 heavy (non-hydrogen) atoms. The third kappa shape index (κ3) is 4.46. The third-order valence-electron chi connectivity index (χ3n) is 3.68. The van der Waals surface area contributed by atoms with Crippen LogP contribution in [0.4, 0.5) is 5.69 Å². The molecule has 0 aliphatic rings. The molecule has 3 rings (SSSR count). The van der Waals surface area contributed by atoms with E-state index in [0.29, 0.717) is 22.9 Å². The van der Waals surface area contributed by atoms with Crippen molar-refractivity contribution in [2.24, 2.45) is 0 Å². The highest BCUT2D eigenvalue weighted by molar-refractivity contribution is 9.10. The average molecular weight is 416 g/mol. The van der Waals surface area contributed by atoms with E-state index < -0.39 is 0 Å². The Labute approximate surface area is 160 Å². The monoisotopic (exact) mass is 415 g/mol. The van der Waals surface area contributed by atoms with E-state index in [-0.39, 0.29) is 18.3 Å². The van der Waals surface area contributed by atoms with Gasteiger partial charge in [0.15, 0.2) is 5.76 Å². The fourth-order valence-electron chi connectivity index (χ4n) is 2.33. The summed E-state index contributed by atoms with van der Waals surface area (Å²) in [4.78, 5) is 12.3. The number of carbonyl (C=O) groups is 1. The van der Waals surface area contributed by atoms with Crippen LogP contribution in [-0.2, 0) is 6.61 Å². The number of methoxy groups -OCH3 is 1. The zero-order chi connectivity index (χ0) is 18.5. The van der Waals surface area contributed by atoms with Crippen LogP contribution in [-0.4, -0.2) is 13.0 Å². The smallest absolute Gasteiger partial charge is 0.291 e. The van der Waals surface area contributed by atoms with Crippen molar-refractivity contribution in [1.29, 1.82) is 0 Å². The lowest BCUT2D eigenvalue weighted by molar-refractivity contribution is 0.0992. The number of amides is 1. The van der Waals surface area contributed by atoms with Crippen molar-refractivity contribution in [1.82, 2.24) is 0 Å². The van der Waals surface area contributed by atoms with E-state index >= 15 is 0 Å². The summed E-state index contributed by atoms with van der Waals surface area (Å²) >= 11 is 3.44. The van der Waals surface area contributed by atoms with Crippen LogP contribution in [0, 0.1) is 6.92 Å². The molecule has 0 saturated heterocycles. The maximum Gasteiger partial charge on any atom is 0.291 e. The van der Waals surface area contributed by atoms with Gasteiger partial charge in [0.05, 0.1) is 12.8 Å². The van der Waals surface area contributed by atoms with Gasteiger partial charge in [0, 0.05) is 10.5 Å². The number of halogens is 1. The summed E-state index contributed by atoms with van der Waals surface area (Å²) in [6.45, 7) is 2.20. The number of hydrogen-bond donors (Lipinski definition) is 1. The number of aryl methyl sites for hydroxylation is 1. The van der Waals surface area contributed by atoms with Crippen LogP contribution in [0.25, 0.3) is 0 Å².